The van der Waals surface area contributed by atoms with Gasteiger partial charge < -0.3 is 5.32 Å². The molecule has 1 N–H and O–H groups in total. The predicted octanol–water partition coefficient (Wildman–Crippen LogP) is 3.70. The van der Waals surface area contributed by atoms with E-state index in [0.717, 1.165) is 13.1 Å². The number of rotatable bonds is 4. The maximum absolute atomic E-state index is 4.80. The second-order valence-electron chi connectivity index (χ2n) is 5.13. The van der Waals surface area contributed by atoms with Crippen LogP contribution in [0, 0.1) is 0 Å². The van der Waals surface area contributed by atoms with Crippen molar-refractivity contribution in [3.05, 3.63) is 51.5 Å². The van der Waals surface area contributed by atoms with Gasteiger partial charge in [0.2, 0.25) is 0 Å². The number of hydrogen-bond acceptors (Lipinski definition) is 3. The highest BCUT2D eigenvalue weighted by atomic mass is 32.1. The molecule has 1 heterocycles. The van der Waals surface area contributed by atoms with Crippen molar-refractivity contribution in [1.82, 2.24) is 10.3 Å². The molecular formula is C16H20N2S. The van der Waals surface area contributed by atoms with E-state index in [1.54, 1.807) is 0 Å². The molecule has 0 amide bonds. The van der Waals surface area contributed by atoms with Gasteiger partial charge in [-0.3, -0.25) is 0 Å². The lowest BCUT2D eigenvalue weighted by Gasteiger charge is -2.02. The number of nitrogens with zero attached hydrogens (tertiary/aromatic N) is 1. The minimum Gasteiger partial charge on any atom is -0.306 e. The summed E-state index contributed by atoms with van der Waals surface area (Å²) in [7, 11) is 0. The Morgan fingerprint density at radius 3 is 2.74 bits per heavy atom. The Kier molecular flexibility index (Phi) is 4.26. The zero-order chi connectivity index (χ0) is 12.9. The molecule has 19 heavy (non-hydrogen) atoms. The number of thiazole rings is 1. The summed E-state index contributed by atoms with van der Waals surface area (Å²) in [5.74, 6) is 0. The van der Waals surface area contributed by atoms with E-state index in [-0.39, 0.29) is 0 Å². The molecule has 1 aliphatic rings. The lowest BCUT2D eigenvalue weighted by Crippen LogP contribution is -2.12. The number of aryl methyl sites for hydroxylation is 2. The summed E-state index contributed by atoms with van der Waals surface area (Å²) in [4.78, 5) is 6.33. The van der Waals surface area contributed by atoms with Crippen LogP contribution < -0.4 is 5.32 Å². The van der Waals surface area contributed by atoms with Gasteiger partial charge in [-0.1, -0.05) is 36.8 Å². The van der Waals surface area contributed by atoms with Crippen LogP contribution in [0.5, 0.6) is 0 Å². The van der Waals surface area contributed by atoms with Crippen molar-refractivity contribution >= 4 is 11.3 Å². The van der Waals surface area contributed by atoms with Crippen LogP contribution in [0.1, 0.15) is 40.4 Å². The van der Waals surface area contributed by atoms with Gasteiger partial charge in [-0.25, -0.2) is 4.98 Å². The van der Waals surface area contributed by atoms with E-state index in [2.05, 4.69) is 35.6 Å². The molecule has 0 atom stereocenters. The molecule has 2 nitrogen and oxygen atoms in total. The van der Waals surface area contributed by atoms with Crippen LogP contribution >= 0.6 is 11.3 Å². The fourth-order valence-electron chi connectivity index (χ4n) is 2.57. The summed E-state index contributed by atoms with van der Waals surface area (Å²) in [5.41, 5.74) is 2.71. The molecule has 0 bridgehead atoms. The van der Waals surface area contributed by atoms with Crippen molar-refractivity contribution < 1.29 is 0 Å². The third-order valence-electron chi connectivity index (χ3n) is 3.59. The SMILES string of the molecule is c1ccc(CNCc2nc3c(s2)CCCCC3)cc1. The first-order valence-electron chi connectivity index (χ1n) is 7.14. The van der Waals surface area contributed by atoms with Gasteiger partial charge >= 0.3 is 0 Å². The first-order valence-corrected chi connectivity index (χ1v) is 7.95. The molecule has 0 radical (unpaired) electrons. The lowest BCUT2D eigenvalue weighted by molar-refractivity contribution is 0.682. The maximum atomic E-state index is 4.80. The fourth-order valence-corrected chi connectivity index (χ4v) is 3.69. The zero-order valence-electron chi connectivity index (χ0n) is 11.2. The second-order valence-corrected chi connectivity index (χ2v) is 6.30. The highest BCUT2D eigenvalue weighted by Crippen LogP contribution is 2.25. The van der Waals surface area contributed by atoms with E-state index in [9.17, 15) is 0 Å². The Morgan fingerprint density at radius 1 is 1.00 bits per heavy atom. The van der Waals surface area contributed by atoms with Gasteiger partial charge in [-0.05, 0) is 31.2 Å². The molecule has 1 aromatic carbocycles. The van der Waals surface area contributed by atoms with Crippen molar-refractivity contribution in [3.63, 3.8) is 0 Å². The Labute approximate surface area is 118 Å². The molecule has 3 heteroatoms. The number of benzene rings is 1. The van der Waals surface area contributed by atoms with Gasteiger partial charge in [0.05, 0.1) is 5.69 Å². The molecule has 1 aliphatic carbocycles. The monoisotopic (exact) mass is 272 g/mol. The molecular weight excluding hydrogens is 252 g/mol. The van der Waals surface area contributed by atoms with Crippen LogP contribution in [0.2, 0.25) is 0 Å². The molecule has 0 saturated heterocycles. The summed E-state index contributed by atoms with van der Waals surface area (Å²) >= 11 is 1.91. The van der Waals surface area contributed by atoms with Crippen molar-refractivity contribution in [2.75, 3.05) is 0 Å². The summed E-state index contributed by atoms with van der Waals surface area (Å²) in [6.07, 6.45) is 6.45. The Balaban J connectivity index is 1.56. The van der Waals surface area contributed by atoms with Gasteiger partial charge in [-0.2, -0.15) is 0 Å². The fraction of sp³-hybridized carbons (Fsp3) is 0.438. The van der Waals surface area contributed by atoms with Gasteiger partial charge in [0.1, 0.15) is 5.01 Å². The standard InChI is InChI=1S/C16H20N2S/c1-3-7-13(8-4-1)11-17-12-16-18-14-9-5-2-6-10-15(14)19-16/h1,3-4,7-8,17H,2,5-6,9-12H2. The average Bonchev–Trinajstić information content (AvgIpc) is 2.70. The minimum atomic E-state index is 0.895. The van der Waals surface area contributed by atoms with Crippen molar-refractivity contribution in [2.24, 2.45) is 0 Å². The summed E-state index contributed by atoms with van der Waals surface area (Å²) in [5, 5.41) is 4.74. The number of aromatic nitrogens is 1. The highest BCUT2D eigenvalue weighted by molar-refractivity contribution is 7.11. The average molecular weight is 272 g/mol. The molecule has 0 unspecified atom stereocenters. The van der Waals surface area contributed by atoms with Crippen LogP contribution in [-0.2, 0) is 25.9 Å². The first kappa shape index (κ1) is 12.8. The number of nitrogens with one attached hydrogen (secondary N) is 1. The molecule has 1 aromatic heterocycles. The Bertz CT molecular complexity index is 495. The molecule has 0 saturated carbocycles. The quantitative estimate of drug-likeness (QED) is 0.858. The van der Waals surface area contributed by atoms with E-state index in [1.165, 1.54) is 53.2 Å². The summed E-state index contributed by atoms with van der Waals surface area (Å²) < 4.78 is 0. The number of fused-ring (bicyclic) bond motifs is 1. The molecule has 100 valence electrons. The third kappa shape index (κ3) is 3.43. The van der Waals surface area contributed by atoms with Crippen molar-refractivity contribution in [3.8, 4) is 0 Å². The van der Waals surface area contributed by atoms with Crippen LogP contribution in [0.4, 0.5) is 0 Å². The molecule has 2 aromatic rings. The maximum Gasteiger partial charge on any atom is 0.107 e. The largest absolute Gasteiger partial charge is 0.306 e. The first-order chi connectivity index (χ1) is 9.42. The molecule has 3 rings (SSSR count). The summed E-state index contributed by atoms with van der Waals surface area (Å²) in [6, 6.07) is 10.5. The zero-order valence-corrected chi connectivity index (χ0v) is 12.0. The Morgan fingerprint density at radius 2 is 1.84 bits per heavy atom. The van der Waals surface area contributed by atoms with Gasteiger partial charge in [0, 0.05) is 18.0 Å². The number of hydrogen-bond donors (Lipinski definition) is 1. The smallest absolute Gasteiger partial charge is 0.107 e. The minimum absolute atomic E-state index is 0.895. The third-order valence-corrected chi connectivity index (χ3v) is 4.75. The van der Waals surface area contributed by atoms with Crippen molar-refractivity contribution in [1.29, 1.82) is 0 Å². The molecule has 0 aliphatic heterocycles. The normalized spacial score (nSPS) is 14.9. The van der Waals surface area contributed by atoms with E-state index in [0.29, 0.717) is 0 Å². The highest BCUT2D eigenvalue weighted by Gasteiger charge is 2.13. The molecule has 0 fully saturated rings. The van der Waals surface area contributed by atoms with Gasteiger partial charge in [0.25, 0.3) is 0 Å². The second kappa shape index (κ2) is 6.31. The Hall–Kier alpha value is -1.19. The van der Waals surface area contributed by atoms with Crippen LogP contribution in [0.25, 0.3) is 0 Å². The topological polar surface area (TPSA) is 24.9 Å². The molecule has 0 spiro atoms. The van der Waals surface area contributed by atoms with Crippen LogP contribution in [-0.4, -0.2) is 4.98 Å². The lowest BCUT2D eigenvalue weighted by atomic mass is 10.2. The van der Waals surface area contributed by atoms with Crippen LogP contribution in [0.15, 0.2) is 30.3 Å². The summed E-state index contributed by atoms with van der Waals surface area (Å²) in [6.45, 7) is 1.82. The van der Waals surface area contributed by atoms with E-state index < -0.39 is 0 Å². The van der Waals surface area contributed by atoms with Crippen molar-refractivity contribution in [2.45, 2.75) is 45.2 Å². The van der Waals surface area contributed by atoms with E-state index >= 15 is 0 Å². The van der Waals surface area contributed by atoms with Crippen LogP contribution in [0.3, 0.4) is 0 Å². The van der Waals surface area contributed by atoms with Gasteiger partial charge in [-0.15, -0.1) is 11.3 Å². The van der Waals surface area contributed by atoms with E-state index in [1.807, 2.05) is 11.3 Å². The predicted molar refractivity (Wildman–Crippen MR) is 80.4 cm³/mol. The van der Waals surface area contributed by atoms with Gasteiger partial charge in [0.15, 0.2) is 0 Å². The van der Waals surface area contributed by atoms with E-state index in [4.69, 9.17) is 4.98 Å².